The molecule has 2 rings (SSSR count). The van der Waals surface area contributed by atoms with Crippen molar-refractivity contribution in [2.24, 2.45) is 0 Å². The van der Waals surface area contributed by atoms with Crippen LogP contribution in [-0.4, -0.2) is 25.0 Å². The molecule has 0 spiro atoms. The minimum Gasteiger partial charge on any atom is -0.356 e. The van der Waals surface area contributed by atoms with Gasteiger partial charge in [0.15, 0.2) is 0 Å². The summed E-state index contributed by atoms with van der Waals surface area (Å²) in [5.74, 6) is 0.0651. The number of carbonyl (C=O) groups is 1. The van der Waals surface area contributed by atoms with Gasteiger partial charge >= 0.3 is 0 Å². The summed E-state index contributed by atoms with van der Waals surface area (Å²) in [5.41, 5.74) is 0.957. The summed E-state index contributed by atoms with van der Waals surface area (Å²) in [4.78, 5) is 11.7. The van der Waals surface area contributed by atoms with Gasteiger partial charge < -0.3 is 10.6 Å². The van der Waals surface area contributed by atoms with Crippen molar-refractivity contribution in [2.45, 2.75) is 31.7 Å². The maximum absolute atomic E-state index is 11.7. The van der Waals surface area contributed by atoms with Gasteiger partial charge in [-0.1, -0.05) is 23.7 Å². The van der Waals surface area contributed by atoms with E-state index in [1.807, 2.05) is 24.3 Å². The fourth-order valence-corrected chi connectivity index (χ4v) is 2.50. The molecule has 18 heavy (non-hydrogen) atoms. The zero-order valence-electron chi connectivity index (χ0n) is 10.4. The molecule has 2 N–H and O–H groups in total. The Bertz CT molecular complexity index is 403. The van der Waals surface area contributed by atoms with Crippen LogP contribution in [0.4, 0.5) is 0 Å². The van der Waals surface area contributed by atoms with Crippen molar-refractivity contribution in [3.05, 3.63) is 34.9 Å². The van der Waals surface area contributed by atoms with Gasteiger partial charge in [0.25, 0.3) is 0 Å². The van der Waals surface area contributed by atoms with E-state index in [2.05, 4.69) is 10.6 Å². The Kier molecular flexibility index (Phi) is 5.02. The molecule has 0 saturated carbocycles. The van der Waals surface area contributed by atoms with Gasteiger partial charge in [-0.15, -0.1) is 0 Å². The molecule has 98 valence electrons. The SMILES string of the molecule is O=C(Cc1cccc(Cl)c1)NCCC1CCCN1. The van der Waals surface area contributed by atoms with E-state index in [1.165, 1.54) is 12.8 Å². The Hall–Kier alpha value is -1.06. The standard InChI is InChI=1S/C14H19ClN2O/c15-12-4-1-3-11(9-12)10-14(18)17-8-6-13-5-2-7-16-13/h1,3-4,9,13,16H,2,5-8,10H2,(H,17,18). The first kappa shape index (κ1) is 13.4. The third kappa shape index (κ3) is 4.31. The van der Waals surface area contributed by atoms with Crippen molar-refractivity contribution in [2.75, 3.05) is 13.1 Å². The summed E-state index contributed by atoms with van der Waals surface area (Å²) >= 11 is 5.88. The predicted octanol–water partition coefficient (Wildman–Crippen LogP) is 2.14. The molecule has 3 nitrogen and oxygen atoms in total. The zero-order chi connectivity index (χ0) is 12.8. The molecule has 0 bridgehead atoms. The molecule has 1 aliphatic rings. The molecule has 0 aromatic heterocycles. The molecule has 1 atom stereocenters. The first-order chi connectivity index (χ1) is 8.74. The molecule has 1 aliphatic heterocycles. The van der Waals surface area contributed by atoms with Crippen LogP contribution in [0.25, 0.3) is 0 Å². The minimum absolute atomic E-state index is 0.0651. The maximum atomic E-state index is 11.7. The van der Waals surface area contributed by atoms with E-state index in [-0.39, 0.29) is 5.91 Å². The van der Waals surface area contributed by atoms with Gasteiger partial charge in [-0.2, -0.15) is 0 Å². The number of amides is 1. The molecule has 0 aliphatic carbocycles. The molecular formula is C14H19ClN2O. The fourth-order valence-electron chi connectivity index (χ4n) is 2.28. The summed E-state index contributed by atoms with van der Waals surface area (Å²) in [6.45, 7) is 1.86. The Morgan fingerprint density at radius 3 is 3.11 bits per heavy atom. The third-order valence-electron chi connectivity index (χ3n) is 3.23. The number of hydrogen-bond acceptors (Lipinski definition) is 2. The van der Waals surface area contributed by atoms with Crippen LogP contribution in [0.2, 0.25) is 5.02 Å². The molecule has 1 fully saturated rings. The van der Waals surface area contributed by atoms with Crippen molar-refractivity contribution in [1.29, 1.82) is 0 Å². The quantitative estimate of drug-likeness (QED) is 0.857. The highest BCUT2D eigenvalue weighted by molar-refractivity contribution is 6.30. The van der Waals surface area contributed by atoms with Crippen LogP contribution in [0.1, 0.15) is 24.8 Å². The monoisotopic (exact) mass is 266 g/mol. The van der Waals surface area contributed by atoms with Gasteiger partial charge in [-0.05, 0) is 43.5 Å². The van der Waals surface area contributed by atoms with E-state index in [0.29, 0.717) is 17.5 Å². The van der Waals surface area contributed by atoms with Gasteiger partial charge in [0.1, 0.15) is 0 Å². The van der Waals surface area contributed by atoms with Crippen molar-refractivity contribution >= 4 is 17.5 Å². The summed E-state index contributed by atoms with van der Waals surface area (Å²) in [5, 5.41) is 7.05. The molecule has 1 saturated heterocycles. The number of halogens is 1. The Morgan fingerprint density at radius 1 is 1.50 bits per heavy atom. The first-order valence-corrected chi connectivity index (χ1v) is 6.86. The lowest BCUT2D eigenvalue weighted by Gasteiger charge is -2.10. The number of nitrogens with one attached hydrogen (secondary N) is 2. The summed E-state index contributed by atoms with van der Waals surface area (Å²) < 4.78 is 0. The molecule has 1 heterocycles. The minimum atomic E-state index is 0.0651. The van der Waals surface area contributed by atoms with E-state index in [0.717, 1.165) is 25.1 Å². The lowest BCUT2D eigenvalue weighted by molar-refractivity contribution is -0.120. The maximum Gasteiger partial charge on any atom is 0.224 e. The van der Waals surface area contributed by atoms with Crippen LogP contribution < -0.4 is 10.6 Å². The lowest BCUT2D eigenvalue weighted by atomic mass is 10.1. The number of carbonyl (C=O) groups excluding carboxylic acids is 1. The normalized spacial score (nSPS) is 18.8. The number of hydrogen-bond donors (Lipinski definition) is 2. The molecule has 1 amide bonds. The van der Waals surface area contributed by atoms with E-state index in [4.69, 9.17) is 11.6 Å². The fraction of sp³-hybridized carbons (Fsp3) is 0.500. The molecule has 4 heteroatoms. The third-order valence-corrected chi connectivity index (χ3v) is 3.47. The average Bonchev–Trinajstić information content (AvgIpc) is 2.82. The zero-order valence-corrected chi connectivity index (χ0v) is 11.2. The second-order valence-corrected chi connectivity index (χ2v) is 5.18. The number of benzene rings is 1. The Morgan fingerprint density at radius 2 is 2.39 bits per heavy atom. The van der Waals surface area contributed by atoms with Crippen LogP contribution in [0, 0.1) is 0 Å². The van der Waals surface area contributed by atoms with E-state index in [9.17, 15) is 4.79 Å². The second kappa shape index (κ2) is 6.76. The highest BCUT2D eigenvalue weighted by atomic mass is 35.5. The molecule has 1 aromatic rings. The van der Waals surface area contributed by atoms with Crippen molar-refractivity contribution in [3.8, 4) is 0 Å². The van der Waals surface area contributed by atoms with Crippen molar-refractivity contribution in [1.82, 2.24) is 10.6 Å². The second-order valence-electron chi connectivity index (χ2n) is 4.74. The summed E-state index contributed by atoms with van der Waals surface area (Å²) in [7, 11) is 0. The number of rotatable bonds is 5. The Labute approximate surface area is 113 Å². The van der Waals surface area contributed by atoms with E-state index < -0.39 is 0 Å². The topological polar surface area (TPSA) is 41.1 Å². The highest BCUT2D eigenvalue weighted by Crippen LogP contribution is 2.11. The lowest BCUT2D eigenvalue weighted by Crippen LogP contribution is -2.31. The van der Waals surface area contributed by atoms with Gasteiger partial charge in [0, 0.05) is 17.6 Å². The van der Waals surface area contributed by atoms with Gasteiger partial charge in [0.05, 0.1) is 6.42 Å². The van der Waals surface area contributed by atoms with Crippen LogP contribution >= 0.6 is 11.6 Å². The summed E-state index contributed by atoms with van der Waals surface area (Å²) in [6.07, 6.45) is 3.89. The van der Waals surface area contributed by atoms with Gasteiger partial charge in [-0.3, -0.25) is 4.79 Å². The largest absolute Gasteiger partial charge is 0.356 e. The van der Waals surface area contributed by atoms with E-state index >= 15 is 0 Å². The molecule has 1 aromatic carbocycles. The highest BCUT2D eigenvalue weighted by Gasteiger charge is 2.13. The molecule has 1 unspecified atom stereocenters. The van der Waals surface area contributed by atoms with E-state index in [1.54, 1.807) is 0 Å². The predicted molar refractivity (Wildman–Crippen MR) is 73.8 cm³/mol. The molecular weight excluding hydrogens is 248 g/mol. The Balaban J connectivity index is 1.68. The summed E-state index contributed by atoms with van der Waals surface area (Å²) in [6, 6.07) is 8.02. The van der Waals surface area contributed by atoms with Crippen LogP contribution in [0.15, 0.2) is 24.3 Å². The van der Waals surface area contributed by atoms with Crippen molar-refractivity contribution < 1.29 is 4.79 Å². The van der Waals surface area contributed by atoms with Crippen LogP contribution in [-0.2, 0) is 11.2 Å². The van der Waals surface area contributed by atoms with Crippen LogP contribution in [0.3, 0.4) is 0 Å². The van der Waals surface area contributed by atoms with Crippen molar-refractivity contribution in [3.63, 3.8) is 0 Å². The average molecular weight is 267 g/mol. The van der Waals surface area contributed by atoms with Gasteiger partial charge in [-0.25, -0.2) is 0 Å². The molecule has 0 radical (unpaired) electrons. The smallest absolute Gasteiger partial charge is 0.224 e. The van der Waals surface area contributed by atoms with Crippen LogP contribution in [0.5, 0.6) is 0 Å². The first-order valence-electron chi connectivity index (χ1n) is 6.48. The van der Waals surface area contributed by atoms with Gasteiger partial charge in [0.2, 0.25) is 5.91 Å².